The minimum atomic E-state index is -0.492. The summed E-state index contributed by atoms with van der Waals surface area (Å²) in [5.74, 6) is -0.906. The number of amides is 1. The van der Waals surface area contributed by atoms with E-state index in [4.69, 9.17) is 4.74 Å². The molecule has 0 saturated carbocycles. The zero-order chi connectivity index (χ0) is 17.8. The summed E-state index contributed by atoms with van der Waals surface area (Å²) in [4.78, 5) is 24.7. The Bertz CT molecular complexity index is 902. The van der Waals surface area contributed by atoms with Crippen molar-refractivity contribution in [3.63, 3.8) is 0 Å². The number of benzene rings is 1. The number of ether oxygens (including phenoxy) is 1. The number of esters is 1. The molecule has 2 heterocycles. The van der Waals surface area contributed by atoms with Crippen LogP contribution in [-0.2, 0) is 11.2 Å². The monoisotopic (exact) mass is 356 g/mol. The number of hydrogen-bond acceptors (Lipinski definition) is 6. The van der Waals surface area contributed by atoms with Crippen LogP contribution in [0.3, 0.4) is 0 Å². The third-order valence-corrected chi connectivity index (χ3v) is 4.49. The van der Waals surface area contributed by atoms with E-state index in [2.05, 4.69) is 15.6 Å². The van der Waals surface area contributed by atoms with E-state index in [1.807, 2.05) is 37.3 Å². The summed E-state index contributed by atoms with van der Waals surface area (Å²) < 4.78 is 6.36. The van der Waals surface area contributed by atoms with Crippen molar-refractivity contribution < 1.29 is 14.3 Å². The van der Waals surface area contributed by atoms with Gasteiger partial charge in [0.15, 0.2) is 5.69 Å². The SMILES string of the molecule is CCc1c(C(=O)Nc2ccsc2C(=O)OC)nnn1-c1ccccc1. The van der Waals surface area contributed by atoms with Gasteiger partial charge in [-0.05, 0) is 30.0 Å². The van der Waals surface area contributed by atoms with E-state index in [0.29, 0.717) is 22.7 Å². The van der Waals surface area contributed by atoms with Crippen LogP contribution in [-0.4, -0.2) is 34.0 Å². The molecule has 0 bridgehead atoms. The first-order valence-electron chi connectivity index (χ1n) is 7.62. The van der Waals surface area contributed by atoms with Crippen molar-refractivity contribution in [1.29, 1.82) is 0 Å². The number of nitrogens with zero attached hydrogens (tertiary/aromatic N) is 3. The lowest BCUT2D eigenvalue weighted by atomic mass is 10.2. The molecule has 1 N–H and O–H groups in total. The number of nitrogens with one attached hydrogen (secondary N) is 1. The van der Waals surface area contributed by atoms with E-state index in [-0.39, 0.29) is 5.69 Å². The first-order chi connectivity index (χ1) is 12.2. The molecule has 0 radical (unpaired) electrons. The average molecular weight is 356 g/mol. The second-order valence-corrected chi connectivity index (χ2v) is 6.01. The summed E-state index contributed by atoms with van der Waals surface area (Å²) in [6, 6.07) is 11.1. The van der Waals surface area contributed by atoms with E-state index >= 15 is 0 Å². The molecule has 25 heavy (non-hydrogen) atoms. The highest BCUT2D eigenvalue weighted by Crippen LogP contribution is 2.24. The molecular formula is C17H16N4O3S. The summed E-state index contributed by atoms with van der Waals surface area (Å²) in [5, 5.41) is 12.6. The number of carbonyl (C=O) groups excluding carboxylic acids is 2. The second kappa shape index (κ2) is 7.27. The normalized spacial score (nSPS) is 10.5. The number of hydrogen-bond donors (Lipinski definition) is 1. The maximum Gasteiger partial charge on any atom is 0.350 e. The van der Waals surface area contributed by atoms with Crippen LogP contribution >= 0.6 is 11.3 Å². The standard InChI is InChI=1S/C17H16N4O3S/c1-3-13-14(19-20-21(13)11-7-5-4-6-8-11)16(22)18-12-9-10-25-15(12)17(23)24-2/h4-10H,3H2,1-2H3,(H,18,22). The predicted molar refractivity (Wildman–Crippen MR) is 94.3 cm³/mol. The smallest absolute Gasteiger partial charge is 0.350 e. The van der Waals surface area contributed by atoms with Crippen molar-refractivity contribution in [2.75, 3.05) is 12.4 Å². The van der Waals surface area contributed by atoms with Gasteiger partial charge in [-0.2, -0.15) is 0 Å². The molecule has 0 unspecified atom stereocenters. The van der Waals surface area contributed by atoms with Gasteiger partial charge in [0.1, 0.15) is 4.88 Å². The Morgan fingerprint density at radius 2 is 2.00 bits per heavy atom. The molecule has 1 aromatic carbocycles. The molecule has 2 aromatic heterocycles. The lowest BCUT2D eigenvalue weighted by Gasteiger charge is -2.07. The number of methoxy groups -OCH3 is 1. The molecule has 0 aliphatic heterocycles. The molecule has 8 heteroatoms. The molecule has 0 fully saturated rings. The van der Waals surface area contributed by atoms with Crippen LogP contribution in [0.15, 0.2) is 41.8 Å². The minimum absolute atomic E-state index is 0.230. The highest BCUT2D eigenvalue weighted by atomic mass is 32.1. The Labute approximate surface area is 148 Å². The largest absolute Gasteiger partial charge is 0.465 e. The van der Waals surface area contributed by atoms with Crippen molar-refractivity contribution in [2.24, 2.45) is 0 Å². The van der Waals surface area contributed by atoms with E-state index in [0.717, 1.165) is 5.69 Å². The fourth-order valence-electron chi connectivity index (χ4n) is 2.41. The summed E-state index contributed by atoms with van der Waals surface area (Å²) in [7, 11) is 1.30. The number of carbonyl (C=O) groups is 2. The van der Waals surface area contributed by atoms with Crippen molar-refractivity contribution in [3.05, 3.63) is 58.0 Å². The Hall–Kier alpha value is -3.00. The van der Waals surface area contributed by atoms with Gasteiger partial charge in [0.25, 0.3) is 5.91 Å². The number of rotatable bonds is 5. The molecule has 0 saturated heterocycles. The number of aromatic nitrogens is 3. The molecule has 7 nitrogen and oxygen atoms in total. The predicted octanol–water partition coefficient (Wildman–Crippen LogP) is 2.93. The van der Waals surface area contributed by atoms with Crippen LogP contribution < -0.4 is 5.32 Å². The van der Waals surface area contributed by atoms with Gasteiger partial charge in [-0.25, -0.2) is 9.48 Å². The Kier molecular flexibility index (Phi) is 4.90. The van der Waals surface area contributed by atoms with Crippen molar-refractivity contribution in [2.45, 2.75) is 13.3 Å². The number of thiophene rings is 1. The first kappa shape index (κ1) is 16.8. The van der Waals surface area contributed by atoms with E-state index in [9.17, 15) is 9.59 Å². The summed E-state index contributed by atoms with van der Waals surface area (Å²) >= 11 is 1.20. The maximum absolute atomic E-state index is 12.6. The molecule has 128 valence electrons. The summed E-state index contributed by atoms with van der Waals surface area (Å²) in [6.07, 6.45) is 0.581. The third-order valence-electron chi connectivity index (χ3n) is 3.60. The maximum atomic E-state index is 12.6. The van der Waals surface area contributed by atoms with E-state index in [1.165, 1.54) is 18.4 Å². The van der Waals surface area contributed by atoms with Crippen molar-refractivity contribution >= 4 is 28.9 Å². The Morgan fingerprint density at radius 1 is 1.24 bits per heavy atom. The summed E-state index contributed by atoms with van der Waals surface area (Å²) in [5.41, 5.74) is 2.15. The van der Waals surface area contributed by atoms with Crippen molar-refractivity contribution in [3.8, 4) is 5.69 Å². The highest BCUT2D eigenvalue weighted by Gasteiger charge is 2.22. The van der Waals surface area contributed by atoms with Gasteiger partial charge in [-0.3, -0.25) is 4.79 Å². The Morgan fingerprint density at radius 3 is 2.68 bits per heavy atom. The van der Waals surface area contributed by atoms with Crippen LogP contribution in [0.4, 0.5) is 5.69 Å². The molecule has 0 aliphatic carbocycles. The fraction of sp³-hybridized carbons (Fsp3) is 0.176. The topological polar surface area (TPSA) is 86.1 Å². The molecule has 1 amide bonds. The second-order valence-electron chi connectivity index (χ2n) is 5.09. The highest BCUT2D eigenvalue weighted by molar-refractivity contribution is 7.12. The minimum Gasteiger partial charge on any atom is -0.465 e. The zero-order valence-electron chi connectivity index (χ0n) is 13.7. The Balaban J connectivity index is 1.90. The molecule has 3 aromatic rings. The van der Waals surface area contributed by atoms with Gasteiger partial charge in [-0.15, -0.1) is 16.4 Å². The molecule has 0 atom stereocenters. The van der Waals surface area contributed by atoms with Crippen LogP contribution in [0.5, 0.6) is 0 Å². The lowest BCUT2D eigenvalue weighted by molar-refractivity contribution is 0.0607. The zero-order valence-corrected chi connectivity index (χ0v) is 14.5. The van der Waals surface area contributed by atoms with Crippen LogP contribution in [0.25, 0.3) is 5.69 Å². The molecule has 0 aliphatic rings. The number of para-hydroxylation sites is 1. The third kappa shape index (κ3) is 3.29. The average Bonchev–Trinajstić information content (AvgIpc) is 3.28. The van der Waals surface area contributed by atoms with Gasteiger partial charge in [-0.1, -0.05) is 30.3 Å². The van der Waals surface area contributed by atoms with Crippen LogP contribution in [0.2, 0.25) is 0 Å². The quantitative estimate of drug-likeness (QED) is 0.710. The van der Waals surface area contributed by atoms with Gasteiger partial charge in [0.2, 0.25) is 0 Å². The van der Waals surface area contributed by atoms with Gasteiger partial charge >= 0.3 is 5.97 Å². The van der Waals surface area contributed by atoms with Crippen LogP contribution in [0.1, 0.15) is 32.8 Å². The molecular weight excluding hydrogens is 340 g/mol. The van der Waals surface area contributed by atoms with Crippen molar-refractivity contribution in [1.82, 2.24) is 15.0 Å². The molecule has 0 spiro atoms. The number of anilines is 1. The van der Waals surface area contributed by atoms with Gasteiger partial charge in [0.05, 0.1) is 24.2 Å². The van der Waals surface area contributed by atoms with E-state index < -0.39 is 11.9 Å². The van der Waals surface area contributed by atoms with Gasteiger partial charge in [0, 0.05) is 0 Å². The first-order valence-corrected chi connectivity index (χ1v) is 8.50. The van der Waals surface area contributed by atoms with Crippen LogP contribution in [0, 0.1) is 0 Å². The molecule has 3 rings (SSSR count). The summed E-state index contributed by atoms with van der Waals surface area (Å²) in [6.45, 7) is 1.93. The van der Waals surface area contributed by atoms with E-state index in [1.54, 1.807) is 16.1 Å². The lowest BCUT2D eigenvalue weighted by Crippen LogP contribution is -2.16. The fourth-order valence-corrected chi connectivity index (χ4v) is 3.18. The van der Waals surface area contributed by atoms with Gasteiger partial charge < -0.3 is 10.1 Å².